The van der Waals surface area contributed by atoms with E-state index < -0.39 is 11.6 Å². The quantitative estimate of drug-likeness (QED) is 0.877. The van der Waals surface area contributed by atoms with Crippen molar-refractivity contribution in [2.45, 2.75) is 57.5 Å². The van der Waals surface area contributed by atoms with E-state index in [1.165, 1.54) is 12.1 Å². The van der Waals surface area contributed by atoms with Gasteiger partial charge in [0.15, 0.2) is 11.6 Å². The summed E-state index contributed by atoms with van der Waals surface area (Å²) in [6.07, 6.45) is 4.01. The van der Waals surface area contributed by atoms with E-state index in [-0.39, 0.29) is 11.8 Å². The molecule has 0 radical (unpaired) electrons. The third-order valence-electron chi connectivity index (χ3n) is 4.36. The molecule has 0 spiro atoms. The zero-order valence-corrected chi connectivity index (χ0v) is 13.2. The maximum absolute atomic E-state index is 13.3. The molecule has 1 saturated carbocycles. The Bertz CT molecular complexity index is 513. The van der Waals surface area contributed by atoms with Crippen LogP contribution in [-0.4, -0.2) is 24.5 Å². The zero-order valence-electron chi connectivity index (χ0n) is 13.2. The third-order valence-corrected chi connectivity index (χ3v) is 4.36. The minimum atomic E-state index is -0.805. The summed E-state index contributed by atoms with van der Waals surface area (Å²) in [5.41, 5.74) is 0.804. The summed E-state index contributed by atoms with van der Waals surface area (Å²) in [5.74, 6) is -1.44. The van der Waals surface area contributed by atoms with Crippen molar-refractivity contribution in [2.24, 2.45) is 0 Å². The molecule has 1 fully saturated rings. The van der Waals surface area contributed by atoms with Gasteiger partial charge < -0.3 is 10.6 Å². The van der Waals surface area contributed by atoms with Gasteiger partial charge in [0.25, 0.3) is 0 Å². The number of carbonyl (C=O) groups excluding carboxylic acids is 1. The van der Waals surface area contributed by atoms with Crippen LogP contribution in [0.3, 0.4) is 0 Å². The first-order chi connectivity index (χ1) is 10.5. The predicted molar refractivity (Wildman–Crippen MR) is 82.6 cm³/mol. The molecular formula is C17H24F2N2O. The fourth-order valence-corrected chi connectivity index (χ4v) is 3.01. The Morgan fingerprint density at radius 3 is 2.41 bits per heavy atom. The van der Waals surface area contributed by atoms with Crippen molar-refractivity contribution in [2.75, 3.05) is 6.54 Å². The molecule has 0 aliphatic heterocycles. The molecule has 1 aromatic rings. The van der Waals surface area contributed by atoms with E-state index in [0.717, 1.165) is 37.8 Å². The summed E-state index contributed by atoms with van der Waals surface area (Å²) in [7, 11) is 0. The minimum absolute atomic E-state index is 0.0309. The molecule has 1 unspecified atom stereocenters. The fraction of sp³-hybridized carbons (Fsp3) is 0.588. The van der Waals surface area contributed by atoms with Crippen molar-refractivity contribution in [1.82, 2.24) is 10.6 Å². The number of amides is 1. The fourth-order valence-electron chi connectivity index (χ4n) is 3.01. The summed E-state index contributed by atoms with van der Waals surface area (Å²) >= 11 is 0. The molecule has 1 aliphatic carbocycles. The van der Waals surface area contributed by atoms with Crippen molar-refractivity contribution < 1.29 is 13.6 Å². The smallest absolute Gasteiger partial charge is 0.217 e. The molecule has 0 aromatic heterocycles. The number of rotatable bonds is 5. The highest BCUT2D eigenvalue weighted by Crippen LogP contribution is 2.21. The Labute approximate surface area is 130 Å². The van der Waals surface area contributed by atoms with Crippen molar-refractivity contribution in [1.29, 1.82) is 0 Å². The van der Waals surface area contributed by atoms with E-state index >= 15 is 0 Å². The van der Waals surface area contributed by atoms with Crippen molar-refractivity contribution in [3.63, 3.8) is 0 Å². The standard InChI is InChI=1S/C17H24F2N2O/c1-11(13-3-8-16(18)17(19)9-13)10-20-14-4-6-15(7-5-14)21-12(2)22/h3,8-9,11,14-15,20H,4-7,10H2,1-2H3,(H,21,22). The Morgan fingerprint density at radius 1 is 1.18 bits per heavy atom. The molecule has 1 atom stereocenters. The Kier molecular flexibility index (Phi) is 5.89. The second-order valence-electron chi connectivity index (χ2n) is 6.23. The number of nitrogens with one attached hydrogen (secondary N) is 2. The van der Waals surface area contributed by atoms with Gasteiger partial charge in [-0.15, -0.1) is 0 Å². The van der Waals surface area contributed by atoms with E-state index in [0.29, 0.717) is 12.1 Å². The van der Waals surface area contributed by atoms with Gasteiger partial charge >= 0.3 is 0 Å². The molecule has 1 aliphatic rings. The topological polar surface area (TPSA) is 41.1 Å². The summed E-state index contributed by atoms with van der Waals surface area (Å²) in [6, 6.07) is 4.81. The maximum Gasteiger partial charge on any atom is 0.217 e. The second-order valence-corrected chi connectivity index (χ2v) is 6.23. The lowest BCUT2D eigenvalue weighted by atomic mass is 9.90. The van der Waals surface area contributed by atoms with Gasteiger partial charge in [0, 0.05) is 25.6 Å². The average molecular weight is 310 g/mol. The summed E-state index contributed by atoms with van der Waals surface area (Å²) < 4.78 is 26.2. The van der Waals surface area contributed by atoms with E-state index in [1.807, 2.05) is 6.92 Å². The molecule has 2 rings (SSSR count). The number of benzene rings is 1. The van der Waals surface area contributed by atoms with Crippen molar-refractivity contribution >= 4 is 5.91 Å². The Hall–Kier alpha value is -1.49. The lowest BCUT2D eigenvalue weighted by Gasteiger charge is -2.30. The van der Waals surface area contributed by atoms with Crippen LogP contribution in [0.15, 0.2) is 18.2 Å². The Morgan fingerprint density at radius 2 is 1.82 bits per heavy atom. The van der Waals surface area contributed by atoms with Crippen LogP contribution in [0.25, 0.3) is 0 Å². The van der Waals surface area contributed by atoms with Gasteiger partial charge in [-0.25, -0.2) is 8.78 Å². The monoisotopic (exact) mass is 310 g/mol. The number of carbonyl (C=O) groups is 1. The predicted octanol–water partition coefficient (Wildman–Crippen LogP) is 3.11. The normalized spacial score (nSPS) is 23.1. The van der Waals surface area contributed by atoms with Gasteiger partial charge in [0.1, 0.15) is 0 Å². The molecule has 122 valence electrons. The third kappa shape index (κ3) is 4.77. The van der Waals surface area contributed by atoms with Crippen LogP contribution in [0.1, 0.15) is 51.0 Å². The zero-order chi connectivity index (χ0) is 16.1. The van der Waals surface area contributed by atoms with Gasteiger partial charge in [-0.3, -0.25) is 4.79 Å². The van der Waals surface area contributed by atoms with Crippen molar-refractivity contribution in [3.8, 4) is 0 Å². The summed E-state index contributed by atoms with van der Waals surface area (Å²) in [4.78, 5) is 11.0. The number of hydrogen-bond donors (Lipinski definition) is 2. The van der Waals surface area contributed by atoms with Crippen LogP contribution < -0.4 is 10.6 Å². The highest BCUT2D eigenvalue weighted by molar-refractivity contribution is 5.73. The van der Waals surface area contributed by atoms with E-state index in [2.05, 4.69) is 10.6 Å². The molecule has 5 heteroatoms. The molecule has 0 heterocycles. The second kappa shape index (κ2) is 7.68. The SMILES string of the molecule is CC(=O)NC1CCC(NCC(C)c2ccc(F)c(F)c2)CC1. The van der Waals surface area contributed by atoms with Crippen LogP contribution in [0.4, 0.5) is 8.78 Å². The first-order valence-corrected chi connectivity index (χ1v) is 7.91. The molecule has 3 nitrogen and oxygen atoms in total. The van der Waals surface area contributed by atoms with Crippen LogP contribution in [0.5, 0.6) is 0 Å². The van der Waals surface area contributed by atoms with Gasteiger partial charge in [0.05, 0.1) is 0 Å². The lowest BCUT2D eigenvalue weighted by Crippen LogP contribution is -2.42. The highest BCUT2D eigenvalue weighted by Gasteiger charge is 2.21. The van der Waals surface area contributed by atoms with Crippen molar-refractivity contribution in [3.05, 3.63) is 35.4 Å². The van der Waals surface area contributed by atoms with Crippen LogP contribution in [0, 0.1) is 11.6 Å². The molecule has 2 N–H and O–H groups in total. The van der Waals surface area contributed by atoms with Gasteiger partial charge in [-0.1, -0.05) is 13.0 Å². The first-order valence-electron chi connectivity index (χ1n) is 7.91. The molecule has 0 bridgehead atoms. The average Bonchev–Trinajstić information content (AvgIpc) is 2.48. The Balaban J connectivity index is 1.76. The number of hydrogen-bond acceptors (Lipinski definition) is 2. The van der Waals surface area contributed by atoms with E-state index in [9.17, 15) is 13.6 Å². The maximum atomic E-state index is 13.3. The summed E-state index contributed by atoms with van der Waals surface area (Å²) in [5, 5.41) is 6.46. The molecule has 1 aromatic carbocycles. The van der Waals surface area contributed by atoms with E-state index in [1.54, 1.807) is 13.0 Å². The molecular weight excluding hydrogens is 286 g/mol. The van der Waals surface area contributed by atoms with Crippen LogP contribution >= 0.6 is 0 Å². The number of halogens is 2. The minimum Gasteiger partial charge on any atom is -0.354 e. The van der Waals surface area contributed by atoms with Gasteiger partial charge in [-0.05, 0) is 49.3 Å². The van der Waals surface area contributed by atoms with Gasteiger partial charge in [-0.2, -0.15) is 0 Å². The highest BCUT2D eigenvalue weighted by atomic mass is 19.2. The van der Waals surface area contributed by atoms with Crippen LogP contribution in [-0.2, 0) is 4.79 Å². The van der Waals surface area contributed by atoms with E-state index in [4.69, 9.17) is 0 Å². The molecule has 1 amide bonds. The van der Waals surface area contributed by atoms with Gasteiger partial charge in [0.2, 0.25) is 5.91 Å². The van der Waals surface area contributed by atoms with Crippen LogP contribution in [0.2, 0.25) is 0 Å². The molecule has 22 heavy (non-hydrogen) atoms. The summed E-state index contributed by atoms with van der Waals surface area (Å²) in [6.45, 7) is 4.29. The lowest BCUT2D eigenvalue weighted by molar-refractivity contribution is -0.119. The molecule has 0 saturated heterocycles. The largest absolute Gasteiger partial charge is 0.354 e. The first kappa shape index (κ1) is 16.9.